The third kappa shape index (κ3) is 4.28. The van der Waals surface area contributed by atoms with Crippen LogP contribution >= 0.6 is 0 Å². The van der Waals surface area contributed by atoms with Gasteiger partial charge in [0, 0.05) is 6.07 Å². The second kappa shape index (κ2) is 10.1. The minimum Gasteiger partial charge on any atom is -0.507 e. The van der Waals surface area contributed by atoms with Crippen molar-refractivity contribution in [1.29, 1.82) is 0 Å². The fourth-order valence-corrected chi connectivity index (χ4v) is 4.26. The molecule has 15 nitrogen and oxygen atoms in total. The summed E-state index contributed by atoms with van der Waals surface area (Å²) in [5.74, 6) is -2.54. The van der Waals surface area contributed by atoms with E-state index in [2.05, 4.69) is 0 Å². The number of aromatic hydroxyl groups is 2. The van der Waals surface area contributed by atoms with E-state index in [4.69, 9.17) is 18.6 Å². The van der Waals surface area contributed by atoms with Gasteiger partial charge in [-0.05, 0) is 6.07 Å². The molecule has 1 aromatic carbocycles. The van der Waals surface area contributed by atoms with Crippen molar-refractivity contribution in [2.75, 3.05) is 13.2 Å². The summed E-state index contributed by atoms with van der Waals surface area (Å²) in [6.07, 6.45) is -17.5. The van der Waals surface area contributed by atoms with Crippen LogP contribution in [0.15, 0.2) is 21.3 Å². The normalized spacial score (nSPS) is 37.2. The molecular weight excluding hydrogens is 492 g/mol. The Labute approximate surface area is 201 Å². The van der Waals surface area contributed by atoms with Gasteiger partial charge < -0.3 is 69.7 Å². The minimum absolute atomic E-state index is 0.265. The molecule has 15 heteroatoms. The standard InChI is InChI=1S/C21H26O15/c22-3-6-11(26)14(29)16(31)19(33-6)9-10(25)5-1-2-8(24)35-18(5)20(13(9)28)36-21-17(32)15(30)12(27)7(4-23)34-21/h1-2,6-7,11-12,14-17,19,21-23,25-32H,3-4H2. The molecule has 10 atom stereocenters. The summed E-state index contributed by atoms with van der Waals surface area (Å²) >= 11 is 0. The molecule has 2 aliphatic heterocycles. The lowest BCUT2D eigenvalue weighted by atomic mass is 9.89. The van der Waals surface area contributed by atoms with Gasteiger partial charge in [-0.15, -0.1) is 0 Å². The van der Waals surface area contributed by atoms with E-state index in [0.717, 1.165) is 12.1 Å². The first-order chi connectivity index (χ1) is 17.0. The highest BCUT2D eigenvalue weighted by Crippen LogP contribution is 2.50. The Bertz CT molecular complexity index is 1150. The van der Waals surface area contributed by atoms with Crippen LogP contribution in [0, 0.1) is 0 Å². The SMILES string of the molecule is O=c1ccc2c(O)c(C3OC(CO)C(O)C(O)C3O)c(O)c(OC3OC(CO)C(O)C(O)C3O)c2o1. The molecule has 0 saturated carbocycles. The molecule has 0 bridgehead atoms. The van der Waals surface area contributed by atoms with Gasteiger partial charge >= 0.3 is 5.63 Å². The van der Waals surface area contributed by atoms with Crippen LogP contribution in [0.3, 0.4) is 0 Å². The summed E-state index contributed by atoms with van der Waals surface area (Å²) in [4.78, 5) is 11.9. The minimum atomic E-state index is -1.94. The van der Waals surface area contributed by atoms with Crippen molar-refractivity contribution in [1.82, 2.24) is 0 Å². The Morgan fingerprint density at radius 3 is 1.94 bits per heavy atom. The summed E-state index contributed by atoms with van der Waals surface area (Å²) in [6.45, 7) is -1.60. The zero-order valence-electron chi connectivity index (χ0n) is 18.4. The predicted octanol–water partition coefficient (Wildman–Crippen LogP) is -4.10. The molecule has 0 spiro atoms. The summed E-state index contributed by atoms with van der Waals surface area (Å²) in [5.41, 5.74) is -2.10. The van der Waals surface area contributed by atoms with E-state index in [9.17, 15) is 55.9 Å². The van der Waals surface area contributed by atoms with Gasteiger partial charge in [0.25, 0.3) is 0 Å². The molecule has 10 N–H and O–H groups in total. The van der Waals surface area contributed by atoms with Crippen molar-refractivity contribution in [3.63, 3.8) is 0 Å². The summed E-state index contributed by atoms with van der Waals surface area (Å²) in [6, 6.07) is 1.98. The fourth-order valence-electron chi connectivity index (χ4n) is 4.26. The molecule has 2 aliphatic rings. The van der Waals surface area contributed by atoms with Crippen molar-refractivity contribution in [2.24, 2.45) is 0 Å². The van der Waals surface area contributed by atoms with Crippen molar-refractivity contribution in [2.45, 2.75) is 61.2 Å². The Morgan fingerprint density at radius 2 is 1.33 bits per heavy atom. The maximum Gasteiger partial charge on any atom is 0.336 e. The van der Waals surface area contributed by atoms with E-state index in [0.29, 0.717) is 0 Å². The number of aliphatic hydroxyl groups is 8. The van der Waals surface area contributed by atoms with Crippen molar-refractivity contribution < 1.29 is 69.7 Å². The largest absolute Gasteiger partial charge is 0.507 e. The second-order valence-corrected chi connectivity index (χ2v) is 8.50. The average molecular weight is 518 g/mol. The van der Waals surface area contributed by atoms with Gasteiger partial charge in [0.05, 0.1) is 24.2 Å². The number of hydrogen-bond donors (Lipinski definition) is 10. The molecule has 10 unspecified atom stereocenters. The summed E-state index contributed by atoms with van der Waals surface area (Å²) < 4.78 is 21.2. The van der Waals surface area contributed by atoms with Crippen LogP contribution in [0.5, 0.6) is 17.2 Å². The Hall–Kier alpha value is -2.57. The smallest absolute Gasteiger partial charge is 0.336 e. The number of phenols is 2. The monoisotopic (exact) mass is 518 g/mol. The lowest BCUT2D eigenvalue weighted by molar-refractivity contribution is -0.277. The summed E-state index contributed by atoms with van der Waals surface area (Å²) in [7, 11) is 0. The first-order valence-corrected chi connectivity index (χ1v) is 10.8. The molecule has 2 fully saturated rings. The second-order valence-electron chi connectivity index (χ2n) is 8.50. The van der Waals surface area contributed by atoms with Crippen LogP contribution in [-0.2, 0) is 9.47 Å². The zero-order valence-corrected chi connectivity index (χ0v) is 18.4. The van der Waals surface area contributed by atoms with Gasteiger partial charge in [0.15, 0.2) is 11.3 Å². The quantitative estimate of drug-likeness (QED) is 0.169. The van der Waals surface area contributed by atoms with Crippen LogP contribution in [0.1, 0.15) is 11.7 Å². The van der Waals surface area contributed by atoms with Crippen molar-refractivity contribution in [3.05, 3.63) is 28.1 Å². The Balaban J connectivity index is 1.86. The molecule has 1 aromatic heterocycles. The Morgan fingerprint density at radius 1 is 0.750 bits per heavy atom. The van der Waals surface area contributed by atoms with Gasteiger partial charge in [0.1, 0.15) is 60.7 Å². The van der Waals surface area contributed by atoms with E-state index in [1.54, 1.807) is 0 Å². The number of ether oxygens (including phenoxy) is 3. The van der Waals surface area contributed by atoms with Gasteiger partial charge in [0.2, 0.25) is 12.0 Å². The van der Waals surface area contributed by atoms with Crippen molar-refractivity contribution in [3.8, 4) is 17.2 Å². The molecule has 2 saturated heterocycles. The van der Waals surface area contributed by atoms with E-state index in [1.807, 2.05) is 0 Å². The van der Waals surface area contributed by atoms with Gasteiger partial charge in [-0.1, -0.05) is 0 Å². The molecular formula is C21H26O15. The molecule has 2 aromatic rings. The molecule has 0 amide bonds. The maximum atomic E-state index is 11.9. The first-order valence-electron chi connectivity index (χ1n) is 10.8. The average Bonchev–Trinajstić information content (AvgIpc) is 2.86. The number of phenolic OH excluding ortho intramolecular Hbond substituents is 2. The molecule has 200 valence electrons. The number of benzene rings is 1. The van der Waals surface area contributed by atoms with E-state index >= 15 is 0 Å². The lowest BCUT2D eigenvalue weighted by Gasteiger charge is -2.41. The molecule has 0 radical (unpaired) electrons. The molecule has 36 heavy (non-hydrogen) atoms. The van der Waals surface area contributed by atoms with Crippen molar-refractivity contribution >= 4 is 11.0 Å². The van der Waals surface area contributed by atoms with Gasteiger partial charge in [-0.2, -0.15) is 0 Å². The van der Waals surface area contributed by atoms with E-state index in [1.165, 1.54) is 0 Å². The highest BCUT2D eigenvalue weighted by atomic mass is 16.7. The van der Waals surface area contributed by atoms with Crippen LogP contribution in [0.25, 0.3) is 11.0 Å². The molecule has 4 rings (SSSR count). The number of rotatable bonds is 5. The van der Waals surface area contributed by atoms with E-state index in [-0.39, 0.29) is 5.39 Å². The molecule has 0 aliphatic carbocycles. The third-order valence-corrected chi connectivity index (χ3v) is 6.28. The first kappa shape index (κ1) is 26.5. The lowest BCUT2D eigenvalue weighted by Crippen LogP contribution is -2.60. The van der Waals surface area contributed by atoms with Crippen LogP contribution < -0.4 is 10.4 Å². The zero-order chi connectivity index (χ0) is 26.5. The fraction of sp³-hybridized carbons (Fsp3) is 0.571. The number of fused-ring (bicyclic) bond motifs is 1. The molecule has 3 heterocycles. The van der Waals surface area contributed by atoms with Crippen LogP contribution in [-0.4, -0.2) is 119 Å². The third-order valence-electron chi connectivity index (χ3n) is 6.28. The highest BCUT2D eigenvalue weighted by molar-refractivity contribution is 5.92. The summed E-state index contributed by atoms with van der Waals surface area (Å²) in [5, 5.41) is 102. The van der Waals surface area contributed by atoms with Crippen LogP contribution in [0.4, 0.5) is 0 Å². The highest BCUT2D eigenvalue weighted by Gasteiger charge is 2.48. The van der Waals surface area contributed by atoms with Gasteiger partial charge in [-0.25, -0.2) is 4.79 Å². The number of hydrogen-bond acceptors (Lipinski definition) is 15. The predicted molar refractivity (Wildman–Crippen MR) is 113 cm³/mol. The maximum absolute atomic E-state index is 11.9. The topological polar surface area (TPSA) is 260 Å². The number of aliphatic hydroxyl groups excluding tert-OH is 8. The van der Waals surface area contributed by atoms with Gasteiger partial charge in [-0.3, -0.25) is 0 Å². The van der Waals surface area contributed by atoms with Crippen LogP contribution in [0.2, 0.25) is 0 Å². The Kier molecular flexibility index (Phi) is 7.40. The van der Waals surface area contributed by atoms with E-state index < -0.39 is 108 Å².